The predicted molar refractivity (Wildman–Crippen MR) is 83.7 cm³/mol. The predicted octanol–water partition coefficient (Wildman–Crippen LogP) is 2.30. The van der Waals surface area contributed by atoms with Crippen LogP contribution in [0, 0.1) is 0 Å². The van der Waals surface area contributed by atoms with Crippen LogP contribution in [0.4, 0.5) is 0 Å². The largest absolute Gasteiger partial charge is 0.360 e. The third-order valence-corrected chi connectivity index (χ3v) is 4.39. The zero-order valence-corrected chi connectivity index (χ0v) is 13.7. The van der Waals surface area contributed by atoms with E-state index in [-0.39, 0.29) is 10.9 Å². The number of benzene rings is 1. The number of hydrogen-bond acceptors (Lipinski definition) is 5. The smallest absolute Gasteiger partial charge is 0.238 e. The molecule has 0 bridgehead atoms. The Hall–Kier alpha value is -1.70. The standard InChI is InChI=1S/C15H21N3O3S/c1-10(2)15-8-13(21-18-15)9-17-11(3)12-4-6-14(7-5-12)22(16,19)20/h4-8,10-11,17H,9H2,1-3H3,(H2,16,19,20)/t11-/m1/s1. The van der Waals surface area contributed by atoms with Crippen molar-refractivity contribution in [2.24, 2.45) is 5.14 Å². The molecule has 0 aliphatic rings. The summed E-state index contributed by atoms with van der Waals surface area (Å²) in [4.78, 5) is 0.111. The first kappa shape index (κ1) is 16.7. The quantitative estimate of drug-likeness (QED) is 0.850. The number of nitrogens with one attached hydrogen (secondary N) is 1. The van der Waals surface area contributed by atoms with Gasteiger partial charge in [0.2, 0.25) is 10.0 Å². The molecule has 0 saturated heterocycles. The molecule has 1 heterocycles. The van der Waals surface area contributed by atoms with Gasteiger partial charge in [-0.05, 0) is 30.5 Å². The fourth-order valence-electron chi connectivity index (χ4n) is 2.00. The zero-order valence-electron chi connectivity index (χ0n) is 12.9. The van der Waals surface area contributed by atoms with Crippen molar-refractivity contribution in [1.82, 2.24) is 10.5 Å². The topological polar surface area (TPSA) is 98.2 Å². The van der Waals surface area contributed by atoms with Crippen LogP contribution in [0.1, 0.15) is 49.7 Å². The maximum absolute atomic E-state index is 11.2. The number of aromatic nitrogens is 1. The number of rotatable bonds is 6. The first-order chi connectivity index (χ1) is 10.3. The third kappa shape index (κ3) is 4.16. The lowest BCUT2D eigenvalue weighted by molar-refractivity contribution is 0.359. The molecule has 1 aromatic heterocycles. The molecule has 2 rings (SSSR count). The van der Waals surface area contributed by atoms with E-state index in [1.807, 2.05) is 13.0 Å². The van der Waals surface area contributed by atoms with E-state index in [1.54, 1.807) is 12.1 Å². The Kier molecular flexibility index (Phi) is 5.00. The number of sulfonamides is 1. The third-order valence-electron chi connectivity index (χ3n) is 3.46. The monoisotopic (exact) mass is 323 g/mol. The molecule has 0 aliphatic heterocycles. The first-order valence-corrected chi connectivity index (χ1v) is 8.63. The molecular weight excluding hydrogens is 302 g/mol. The highest BCUT2D eigenvalue weighted by molar-refractivity contribution is 7.89. The van der Waals surface area contributed by atoms with Crippen LogP contribution in [0.25, 0.3) is 0 Å². The average Bonchev–Trinajstić information content (AvgIpc) is 2.93. The van der Waals surface area contributed by atoms with Crippen LogP contribution >= 0.6 is 0 Å². The van der Waals surface area contributed by atoms with E-state index in [9.17, 15) is 8.42 Å². The lowest BCUT2D eigenvalue weighted by Crippen LogP contribution is -2.18. The van der Waals surface area contributed by atoms with Gasteiger partial charge in [-0.3, -0.25) is 0 Å². The van der Waals surface area contributed by atoms with Crippen molar-refractivity contribution in [2.45, 2.75) is 44.2 Å². The molecule has 1 aromatic carbocycles. The highest BCUT2D eigenvalue weighted by Gasteiger charge is 2.11. The van der Waals surface area contributed by atoms with Crippen LogP contribution in [-0.2, 0) is 16.6 Å². The Bertz CT molecular complexity index is 721. The van der Waals surface area contributed by atoms with Gasteiger partial charge < -0.3 is 9.84 Å². The Balaban J connectivity index is 1.98. The van der Waals surface area contributed by atoms with E-state index in [2.05, 4.69) is 24.3 Å². The summed E-state index contributed by atoms with van der Waals surface area (Å²) >= 11 is 0. The summed E-state index contributed by atoms with van der Waals surface area (Å²) in [5.74, 6) is 1.11. The van der Waals surface area contributed by atoms with E-state index in [0.717, 1.165) is 17.0 Å². The molecule has 0 spiro atoms. The van der Waals surface area contributed by atoms with Crippen LogP contribution in [0.5, 0.6) is 0 Å². The number of nitrogens with two attached hydrogens (primary N) is 1. The molecule has 2 aromatic rings. The number of nitrogens with zero attached hydrogens (tertiary/aromatic N) is 1. The van der Waals surface area contributed by atoms with Crippen LogP contribution < -0.4 is 10.5 Å². The molecule has 0 radical (unpaired) electrons. The molecule has 120 valence electrons. The van der Waals surface area contributed by atoms with Crippen molar-refractivity contribution in [3.8, 4) is 0 Å². The van der Waals surface area contributed by atoms with Gasteiger partial charge in [0.05, 0.1) is 17.1 Å². The van der Waals surface area contributed by atoms with Crippen LogP contribution in [0.3, 0.4) is 0 Å². The van der Waals surface area contributed by atoms with Gasteiger partial charge in [0.1, 0.15) is 0 Å². The normalized spacial score (nSPS) is 13.5. The average molecular weight is 323 g/mol. The minimum atomic E-state index is -3.65. The van der Waals surface area contributed by atoms with Gasteiger partial charge in [-0.25, -0.2) is 13.6 Å². The SMILES string of the molecule is CC(C)c1cc(CN[C@H](C)c2ccc(S(N)(=O)=O)cc2)on1. The van der Waals surface area contributed by atoms with Crippen molar-refractivity contribution in [3.05, 3.63) is 47.3 Å². The molecule has 0 unspecified atom stereocenters. The molecule has 0 saturated carbocycles. The van der Waals surface area contributed by atoms with Crippen molar-refractivity contribution < 1.29 is 12.9 Å². The van der Waals surface area contributed by atoms with Crippen molar-refractivity contribution in [2.75, 3.05) is 0 Å². The summed E-state index contributed by atoms with van der Waals surface area (Å²) < 4.78 is 27.7. The summed E-state index contributed by atoms with van der Waals surface area (Å²) in [5, 5.41) is 12.4. The van der Waals surface area contributed by atoms with Gasteiger partial charge in [0.25, 0.3) is 0 Å². The van der Waals surface area contributed by atoms with Gasteiger partial charge in [-0.15, -0.1) is 0 Å². The second-order valence-electron chi connectivity index (χ2n) is 5.59. The van der Waals surface area contributed by atoms with E-state index in [0.29, 0.717) is 12.5 Å². The molecule has 7 heteroatoms. The summed E-state index contributed by atoms with van der Waals surface area (Å²) in [5.41, 5.74) is 1.90. The minimum Gasteiger partial charge on any atom is -0.360 e. The molecule has 6 nitrogen and oxygen atoms in total. The number of hydrogen-bond donors (Lipinski definition) is 2. The van der Waals surface area contributed by atoms with E-state index < -0.39 is 10.0 Å². The van der Waals surface area contributed by atoms with Gasteiger partial charge in [0, 0.05) is 12.1 Å². The summed E-state index contributed by atoms with van der Waals surface area (Å²) in [6.07, 6.45) is 0. The molecule has 22 heavy (non-hydrogen) atoms. The van der Waals surface area contributed by atoms with Gasteiger partial charge in [0.15, 0.2) is 5.76 Å². The van der Waals surface area contributed by atoms with Crippen molar-refractivity contribution in [1.29, 1.82) is 0 Å². The molecule has 0 aliphatic carbocycles. The van der Waals surface area contributed by atoms with Crippen LogP contribution in [0.2, 0.25) is 0 Å². The summed E-state index contributed by atoms with van der Waals surface area (Å²) in [6, 6.07) is 8.49. The van der Waals surface area contributed by atoms with E-state index in [4.69, 9.17) is 9.66 Å². The van der Waals surface area contributed by atoms with E-state index in [1.165, 1.54) is 12.1 Å². The van der Waals surface area contributed by atoms with Crippen LogP contribution in [-0.4, -0.2) is 13.6 Å². The Morgan fingerprint density at radius 3 is 2.36 bits per heavy atom. The molecule has 3 N–H and O–H groups in total. The Labute approximate surface area is 130 Å². The molecule has 0 amide bonds. The van der Waals surface area contributed by atoms with Crippen LogP contribution in [0.15, 0.2) is 39.8 Å². The highest BCUT2D eigenvalue weighted by atomic mass is 32.2. The second-order valence-corrected chi connectivity index (χ2v) is 7.15. The maximum atomic E-state index is 11.2. The Morgan fingerprint density at radius 2 is 1.86 bits per heavy atom. The lowest BCUT2D eigenvalue weighted by Gasteiger charge is -2.13. The molecule has 1 atom stereocenters. The fraction of sp³-hybridized carbons (Fsp3) is 0.400. The molecular formula is C15H21N3O3S. The Morgan fingerprint density at radius 1 is 1.23 bits per heavy atom. The lowest BCUT2D eigenvalue weighted by atomic mass is 10.1. The van der Waals surface area contributed by atoms with E-state index >= 15 is 0 Å². The fourth-order valence-corrected chi connectivity index (χ4v) is 2.52. The molecule has 0 fully saturated rings. The number of primary sulfonamides is 1. The summed E-state index contributed by atoms with van der Waals surface area (Å²) in [7, 11) is -3.65. The van der Waals surface area contributed by atoms with Gasteiger partial charge in [-0.1, -0.05) is 31.1 Å². The summed E-state index contributed by atoms with van der Waals surface area (Å²) in [6.45, 7) is 6.67. The zero-order chi connectivity index (χ0) is 16.3. The highest BCUT2D eigenvalue weighted by Crippen LogP contribution is 2.17. The van der Waals surface area contributed by atoms with Crippen molar-refractivity contribution in [3.63, 3.8) is 0 Å². The minimum absolute atomic E-state index is 0.0436. The van der Waals surface area contributed by atoms with Gasteiger partial charge >= 0.3 is 0 Å². The first-order valence-electron chi connectivity index (χ1n) is 7.09. The van der Waals surface area contributed by atoms with Crippen molar-refractivity contribution >= 4 is 10.0 Å². The van der Waals surface area contributed by atoms with Gasteiger partial charge in [-0.2, -0.15) is 0 Å². The second kappa shape index (κ2) is 6.60. The maximum Gasteiger partial charge on any atom is 0.238 e.